The molecule has 2 saturated carbocycles. The summed E-state index contributed by atoms with van der Waals surface area (Å²) >= 11 is 0. The van der Waals surface area contributed by atoms with Gasteiger partial charge in [0.15, 0.2) is 0 Å². The van der Waals surface area contributed by atoms with Crippen molar-refractivity contribution in [2.75, 3.05) is 0 Å². The summed E-state index contributed by atoms with van der Waals surface area (Å²) in [6.45, 7) is 5.84. The zero-order valence-electron chi connectivity index (χ0n) is 15.3. The molecule has 5 heteroatoms. The minimum atomic E-state index is -1.23. The van der Waals surface area contributed by atoms with Crippen LogP contribution in [0.3, 0.4) is 0 Å². The molecule has 3 rings (SSSR count). The zero-order chi connectivity index (χ0) is 18.3. The molecule has 0 heterocycles. The van der Waals surface area contributed by atoms with Gasteiger partial charge in [0.2, 0.25) is 0 Å². The highest BCUT2D eigenvalue weighted by atomic mass is 32.2. The lowest BCUT2D eigenvalue weighted by molar-refractivity contribution is -0.138. The van der Waals surface area contributed by atoms with Crippen molar-refractivity contribution in [3.8, 4) is 0 Å². The van der Waals surface area contributed by atoms with Gasteiger partial charge in [0.05, 0.1) is 26.7 Å². The van der Waals surface area contributed by atoms with E-state index in [1.165, 1.54) is 0 Å². The number of hydrogen-bond acceptors (Lipinski definition) is 3. The number of hydrogen-bond donors (Lipinski definition) is 1. The highest BCUT2D eigenvalue weighted by molar-refractivity contribution is 7.84. The number of carbonyl (C=O) groups is 2. The Morgan fingerprint density at radius 1 is 0.920 bits per heavy atom. The van der Waals surface area contributed by atoms with Crippen molar-refractivity contribution in [1.82, 2.24) is 4.72 Å². The normalized spacial score (nSPS) is 23.8. The molecule has 0 aliphatic heterocycles. The van der Waals surface area contributed by atoms with Crippen molar-refractivity contribution in [3.63, 3.8) is 0 Å². The predicted molar refractivity (Wildman–Crippen MR) is 99.3 cm³/mol. The molecular weight excluding hydrogens is 334 g/mol. The van der Waals surface area contributed by atoms with Crippen molar-refractivity contribution in [2.45, 2.75) is 69.6 Å². The lowest BCUT2D eigenvalue weighted by atomic mass is 9.64. The number of carbonyl (C=O) groups excluding carboxylic acids is 2. The van der Waals surface area contributed by atoms with E-state index in [0.29, 0.717) is 38.5 Å². The van der Waals surface area contributed by atoms with Crippen LogP contribution in [0.4, 0.5) is 0 Å². The Balaban J connectivity index is 1.91. The quantitative estimate of drug-likeness (QED) is 0.839. The topological polar surface area (TPSA) is 63.2 Å². The molecule has 1 spiro atoms. The zero-order valence-corrected chi connectivity index (χ0v) is 16.1. The molecule has 2 aliphatic rings. The molecule has 1 aromatic rings. The van der Waals surface area contributed by atoms with E-state index in [-0.39, 0.29) is 16.3 Å². The molecule has 0 radical (unpaired) electrons. The first-order valence-electron chi connectivity index (χ1n) is 9.02. The summed E-state index contributed by atoms with van der Waals surface area (Å²) in [7, 11) is -1.23. The third-order valence-electron chi connectivity index (χ3n) is 5.77. The van der Waals surface area contributed by atoms with E-state index in [2.05, 4.69) is 4.72 Å². The lowest BCUT2D eigenvalue weighted by Gasteiger charge is -2.45. The van der Waals surface area contributed by atoms with Gasteiger partial charge in [0, 0.05) is 12.8 Å². The summed E-state index contributed by atoms with van der Waals surface area (Å²) in [6, 6.07) is 10.0. The van der Waals surface area contributed by atoms with Crippen molar-refractivity contribution in [2.24, 2.45) is 5.41 Å². The molecule has 2 fully saturated rings. The van der Waals surface area contributed by atoms with Crippen molar-refractivity contribution in [1.29, 1.82) is 0 Å². The van der Waals surface area contributed by atoms with Gasteiger partial charge in [0.1, 0.15) is 11.6 Å². The molecule has 25 heavy (non-hydrogen) atoms. The van der Waals surface area contributed by atoms with Gasteiger partial charge in [-0.2, -0.15) is 0 Å². The van der Waals surface area contributed by atoms with E-state index in [1.807, 2.05) is 51.1 Å². The van der Waals surface area contributed by atoms with Gasteiger partial charge < -0.3 is 0 Å². The average molecular weight is 362 g/mol. The van der Waals surface area contributed by atoms with Gasteiger partial charge in [-0.05, 0) is 52.0 Å². The van der Waals surface area contributed by atoms with Crippen LogP contribution in [0.5, 0.6) is 0 Å². The molecule has 136 valence electrons. The number of nitrogens with one attached hydrogen (secondary N) is 1. The van der Waals surface area contributed by atoms with Crippen LogP contribution in [0.25, 0.3) is 0 Å². The van der Waals surface area contributed by atoms with E-state index in [0.717, 1.165) is 5.56 Å². The number of ketones is 2. The minimum Gasteiger partial charge on any atom is -0.299 e. The van der Waals surface area contributed by atoms with E-state index in [1.54, 1.807) is 0 Å². The predicted octanol–water partition coefficient (Wildman–Crippen LogP) is 3.43. The standard InChI is InChI=1S/C20H27NO3S/c1-18(2,3)25(24)21-20(15-7-5-4-6-8-15)13-11-19(12-14-20)16(22)9-10-17(19)23/h4-8,21H,9-14H2,1-3H3. The second-order valence-corrected chi connectivity index (χ2v) is 10.3. The van der Waals surface area contributed by atoms with Gasteiger partial charge in [0.25, 0.3) is 0 Å². The molecular formula is C20H27NO3S. The molecule has 0 bridgehead atoms. The molecule has 0 amide bonds. The Morgan fingerprint density at radius 2 is 1.44 bits per heavy atom. The second kappa shape index (κ2) is 6.44. The molecule has 1 atom stereocenters. The van der Waals surface area contributed by atoms with Gasteiger partial charge >= 0.3 is 0 Å². The fraction of sp³-hybridized carbons (Fsp3) is 0.600. The van der Waals surface area contributed by atoms with Gasteiger partial charge in [-0.3, -0.25) is 9.59 Å². The van der Waals surface area contributed by atoms with Gasteiger partial charge in [-0.15, -0.1) is 0 Å². The molecule has 1 aromatic carbocycles. The van der Waals surface area contributed by atoms with Gasteiger partial charge in [-0.25, -0.2) is 8.93 Å². The summed E-state index contributed by atoms with van der Waals surface area (Å²) < 4.78 is 15.8. The second-order valence-electron chi connectivity index (χ2n) is 8.36. The van der Waals surface area contributed by atoms with Crippen LogP contribution in [-0.4, -0.2) is 20.5 Å². The first-order valence-corrected chi connectivity index (χ1v) is 10.2. The molecule has 4 nitrogen and oxygen atoms in total. The number of benzene rings is 1. The molecule has 0 saturated heterocycles. The maximum atomic E-state index is 12.8. The molecule has 1 unspecified atom stereocenters. The van der Waals surface area contributed by atoms with Crippen LogP contribution >= 0.6 is 0 Å². The summed E-state index contributed by atoms with van der Waals surface area (Å²) in [4.78, 5) is 24.8. The monoisotopic (exact) mass is 361 g/mol. The first kappa shape index (κ1) is 18.5. The van der Waals surface area contributed by atoms with E-state index >= 15 is 0 Å². The third kappa shape index (κ3) is 3.24. The van der Waals surface area contributed by atoms with Crippen LogP contribution < -0.4 is 4.72 Å². The molecule has 1 N–H and O–H groups in total. The number of rotatable bonds is 3. The summed E-state index contributed by atoms with van der Waals surface area (Å²) in [6.07, 6.45) is 3.17. The highest BCUT2D eigenvalue weighted by Crippen LogP contribution is 2.50. The van der Waals surface area contributed by atoms with Crippen molar-refractivity contribution >= 4 is 22.6 Å². The Bertz CT molecular complexity index is 679. The Kier molecular flexibility index (Phi) is 4.75. The summed E-state index contributed by atoms with van der Waals surface area (Å²) in [5, 5.41) is 0. The summed E-state index contributed by atoms with van der Waals surface area (Å²) in [5.41, 5.74) is -0.142. The molecule has 2 aliphatic carbocycles. The highest BCUT2D eigenvalue weighted by Gasteiger charge is 2.54. The minimum absolute atomic E-state index is 0.108. The Hall–Kier alpha value is -1.33. The fourth-order valence-corrected chi connectivity index (χ4v) is 5.04. The van der Waals surface area contributed by atoms with Gasteiger partial charge in [-0.1, -0.05) is 30.3 Å². The third-order valence-corrected chi connectivity index (χ3v) is 7.46. The average Bonchev–Trinajstić information content (AvgIpc) is 2.85. The van der Waals surface area contributed by atoms with Crippen LogP contribution in [0.2, 0.25) is 0 Å². The van der Waals surface area contributed by atoms with Crippen LogP contribution in [0.15, 0.2) is 30.3 Å². The smallest absolute Gasteiger partial charge is 0.146 e. The summed E-state index contributed by atoms with van der Waals surface area (Å²) in [5.74, 6) is 0.215. The molecule has 0 aromatic heterocycles. The first-order chi connectivity index (χ1) is 11.7. The largest absolute Gasteiger partial charge is 0.299 e. The van der Waals surface area contributed by atoms with E-state index in [9.17, 15) is 13.8 Å². The van der Waals surface area contributed by atoms with Crippen molar-refractivity contribution in [3.05, 3.63) is 35.9 Å². The number of Topliss-reactive ketones (excluding diaryl/α,β-unsaturated/α-hetero) is 2. The van der Waals surface area contributed by atoms with E-state index in [4.69, 9.17) is 0 Å². The maximum Gasteiger partial charge on any atom is 0.146 e. The van der Waals surface area contributed by atoms with Crippen LogP contribution in [0, 0.1) is 5.41 Å². The Labute approximate surface area is 152 Å². The van der Waals surface area contributed by atoms with Crippen LogP contribution in [-0.2, 0) is 26.1 Å². The SMILES string of the molecule is CC(C)(C)S(=O)NC1(c2ccccc2)CCC2(CC1)C(=O)CCC2=O. The van der Waals surface area contributed by atoms with E-state index < -0.39 is 21.9 Å². The van der Waals surface area contributed by atoms with Crippen molar-refractivity contribution < 1.29 is 13.8 Å². The van der Waals surface area contributed by atoms with Crippen LogP contribution in [0.1, 0.15) is 64.9 Å². The lowest BCUT2D eigenvalue weighted by Crippen LogP contribution is -2.53. The fourth-order valence-electron chi connectivity index (χ4n) is 4.06. The Morgan fingerprint density at radius 3 is 1.92 bits per heavy atom. The maximum absolute atomic E-state index is 12.8.